The number of carbonyl (C=O) groups is 2. The molecular weight excluding hydrogens is 338 g/mol. The zero-order valence-corrected chi connectivity index (χ0v) is 13.6. The molecule has 0 bridgehead atoms. The van der Waals surface area contributed by atoms with E-state index in [1.807, 2.05) is 6.92 Å². The van der Waals surface area contributed by atoms with Crippen molar-refractivity contribution in [2.75, 3.05) is 13.7 Å². The zero-order chi connectivity index (χ0) is 15.6. The highest BCUT2D eigenvalue weighted by Gasteiger charge is 2.33. The van der Waals surface area contributed by atoms with E-state index in [1.165, 1.54) is 0 Å². The molecule has 1 aliphatic heterocycles. The minimum Gasteiger partial charge on any atom is -0.497 e. The Morgan fingerprint density at radius 1 is 1.38 bits per heavy atom. The van der Waals surface area contributed by atoms with E-state index in [4.69, 9.17) is 9.84 Å². The molecule has 1 aromatic carbocycles. The maximum absolute atomic E-state index is 12.7. The Morgan fingerprint density at radius 2 is 2.10 bits per heavy atom. The molecule has 1 amide bonds. The highest BCUT2D eigenvalue weighted by Crippen LogP contribution is 2.28. The number of nitrogens with zero attached hydrogens (tertiary/aromatic N) is 1. The summed E-state index contributed by atoms with van der Waals surface area (Å²) in [7, 11) is 1.54. The third-order valence-corrected chi connectivity index (χ3v) is 4.59. The number of rotatable bonds is 3. The molecule has 2 rings (SSSR count). The van der Waals surface area contributed by atoms with Crippen molar-refractivity contribution in [1.29, 1.82) is 0 Å². The number of benzene rings is 1. The Labute approximate surface area is 132 Å². The number of carboxylic acid groups (broad SMARTS) is 1. The third-order valence-electron chi connectivity index (χ3n) is 3.90. The molecule has 0 spiro atoms. The summed E-state index contributed by atoms with van der Waals surface area (Å²) in [5.74, 6) is -0.904. The molecule has 0 aliphatic carbocycles. The summed E-state index contributed by atoms with van der Waals surface area (Å²) < 4.78 is 5.83. The maximum Gasteiger partial charge on any atom is 0.308 e. The van der Waals surface area contributed by atoms with Crippen LogP contribution in [-0.4, -0.2) is 41.6 Å². The summed E-state index contributed by atoms with van der Waals surface area (Å²) in [6.45, 7) is 2.20. The molecule has 21 heavy (non-hydrogen) atoms. The molecule has 0 saturated carbocycles. The first kappa shape index (κ1) is 15.8. The molecule has 1 heterocycles. The van der Waals surface area contributed by atoms with E-state index in [2.05, 4.69) is 15.9 Å². The molecule has 1 aliphatic rings. The SMILES string of the molecule is COc1ccc(Br)c(C(=O)N2CC(C(=O)O)CCC2C)c1. The second-order valence-corrected chi connectivity index (χ2v) is 6.12. The van der Waals surface area contributed by atoms with Gasteiger partial charge >= 0.3 is 5.97 Å². The van der Waals surface area contributed by atoms with Crippen molar-refractivity contribution >= 4 is 27.8 Å². The van der Waals surface area contributed by atoms with Gasteiger partial charge in [0.05, 0.1) is 18.6 Å². The van der Waals surface area contributed by atoms with Crippen LogP contribution in [0, 0.1) is 5.92 Å². The van der Waals surface area contributed by atoms with Crippen molar-refractivity contribution in [2.24, 2.45) is 5.92 Å². The monoisotopic (exact) mass is 355 g/mol. The normalized spacial score (nSPS) is 22.0. The van der Waals surface area contributed by atoms with Crippen LogP contribution in [0.2, 0.25) is 0 Å². The van der Waals surface area contributed by atoms with Crippen molar-refractivity contribution < 1.29 is 19.4 Å². The Kier molecular flexibility index (Phi) is 4.88. The van der Waals surface area contributed by atoms with E-state index in [9.17, 15) is 9.59 Å². The number of hydrogen-bond donors (Lipinski definition) is 1. The van der Waals surface area contributed by atoms with Gasteiger partial charge in [0.1, 0.15) is 5.75 Å². The largest absolute Gasteiger partial charge is 0.497 e. The maximum atomic E-state index is 12.7. The van der Waals surface area contributed by atoms with E-state index >= 15 is 0 Å². The van der Waals surface area contributed by atoms with Gasteiger partial charge in [0.15, 0.2) is 0 Å². The average Bonchev–Trinajstić information content (AvgIpc) is 2.47. The first-order valence-electron chi connectivity index (χ1n) is 6.81. The predicted octanol–water partition coefficient (Wildman–Crippen LogP) is 2.78. The molecule has 2 unspecified atom stereocenters. The van der Waals surface area contributed by atoms with E-state index in [1.54, 1.807) is 30.2 Å². The summed E-state index contributed by atoms with van der Waals surface area (Å²) in [5, 5.41) is 9.16. The summed E-state index contributed by atoms with van der Waals surface area (Å²) >= 11 is 3.37. The number of likely N-dealkylation sites (tertiary alicyclic amines) is 1. The van der Waals surface area contributed by atoms with Gasteiger partial charge in [0.25, 0.3) is 5.91 Å². The molecule has 1 saturated heterocycles. The molecular formula is C15H18BrNO4. The molecule has 114 valence electrons. The number of ether oxygens (including phenoxy) is 1. The van der Waals surface area contributed by atoms with Crippen LogP contribution >= 0.6 is 15.9 Å². The van der Waals surface area contributed by atoms with Crippen molar-refractivity contribution in [2.45, 2.75) is 25.8 Å². The number of carboxylic acids is 1. The van der Waals surface area contributed by atoms with E-state index < -0.39 is 11.9 Å². The van der Waals surface area contributed by atoms with Gasteiger partial charge in [0.2, 0.25) is 0 Å². The first-order valence-corrected chi connectivity index (χ1v) is 7.60. The van der Waals surface area contributed by atoms with E-state index in [0.717, 1.165) is 0 Å². The lowest BCUT2D eigenvalue weighted by atomic mass is 9.93. The van der Waals surface area contributed by atoms with Crippen LogP contribution < -0.4 is 4.74 Å². The lowest BCUT2D eigenvalue weighted by Crippen LogP contribution is -2.47. The van der Waals surface area contributed by atoms with Gasteiger partial charge in [-0.2, -0.15) is 0 Å². The van der Waals surface area contributed by atoms with E-state index in [-0.39, 0.29) is 18.5 Å². The first-order chi connectivity index (χ1) is 9.93. The lowest BCUT2D eigenvalue weighted by molar-refractivity contribution is -0.143. The molecule has 1 fully saturated rings. The molecule has 5 nitrogen and oxygen atoms in total. The summed E-state index contributed by atoms with van der Waals surface area (Å²) in [6, 6.07) is 5.23. The number of aliphatic carboxylic acids is 1. The highest BCUT2D eigenvalue weighted by molar-refractivity contribution is 9.10. The Bertz CT molecular complexity index is 561. The molecule has 1 aromatic rings. The van der Waals surface area contributed by atoms with Crippen LogP contribution in [0.1, 0.15) is 30.1 Å². The Balaban J connectivity index is 2.27. The van der Waals surface area contributed by atoms with Crippen LogP contribution in [-0.2, 0) is 4.79 Å². The second kappa shape index (κ2) is 6.47. The fourth-order valence-electron chi connectivity index (χ4n) is 2.54. The van der Waals surface area contributed by atoms with Gasteiger partial charge in [-0.25, -0.2) is 0 Å². The number of methoxy groups -OCH3 is 1. The van der Waals surface area contributed by atoms with Crippen LogP contribution in [0.5, 0.6) is 5.75 Å². The summed E-state index contributed by atoms with van der Waals surface area (Å²) in [6.07, 6.45) is 1.31. The Morgan fingerprint density at radius 3 is 2.71 bits per heavy atom. The van der Waals surface area contributed by atoms with Gasteiger partial charge in [0, 0.05) is 17.1 Å². The molecule has 2 atom stereocenters. The average molecular weight is 356 g/mol. The van der Waals surface area contributed by atoms with Crippen molar-refractivity contribution in [1.82, 2.24) is 4.90 Å². The number of hydrogen-bond acceptors (Lipinski definition) is 3. The number of carbonyl (C=O) groups excluding carboxylic acids is 1. The smallest absolute Gasteiger partial charge is 0.308 e. The standard InChI is InChI=1S/C15H18BrNO4/c1-9-3-4-10(15(19)20)8-17(9)14(18)12-7-11(21-2)5-6-13(12)16/h5-7,9-10H,3-4,8H2,1-2H3,(H,19,20). The van der Waals surface area contributed by atoms with Crippen molar-refractivity contribution in [3.63, 3.8) is 0 Å². The van der Waals surface area contributed by atoms with Gasteiger partial charge in [-0.05, 0) is 53.9 Å². The fourth-order valence-corrected chi connectivity index (χ4v) is 2.96. The summed E-state index contributed by atoms with van der Waals surface area (Å²) in [4.78, 5) is 25.5. The number of piperidine rings is 1. The van der Waals surface area contributed by atoms with Crippen LogP contribution in [0.15, 0.2) is 22.7 Å². The summed E-state index contributed by atoms with van der Waals surface area (Å²) in [5.41, 5.74) is 0.493. The van der Waals surface area contributed by atoms with Crippen molar-refractivity contribution in [3.8, 4) is 5.75 Å². The van der Waals surface area contributed by atoms with Gasteiger partial charge in [-0.15, -0.1) is 0 Å². The fraction of sp³-hybridized carbons (Fsp3) is 0.467. The van der Waals surface area contributed by atoms with Gasteiger partial charge in [-0.3, -0.25) is 9.59 Å². The molecule has 0 aromatic heterocycles. The van der Waals surface area contributed by atoms with Crippen LogP contribution in [0.25, 0.3) is 0 Å². The lowest BCUT2D eigenvalue weighted by Gasteiger charge is -2.36. The molecule has 1 N–H and O–H groups in total. The minimum atomic E-state index is -0.843. The predicted molar refractivity (Wildman–Crippen MR) is 81.6 cm³/mol. The highest BCUT2D eigenvalue weighted by atomic mass is 79.9. The third kappa shape index (κ3) is 3.37. The minimum absolute atomic E-state index is 0.0335. The Hall–Kier alpha value is -1.56. The van der Waals surface area contributed by atoms with Gasteiger partial charge in [-0.1, -0.05) is 0 Å². The van der Waals surface area contributed by atoms with Crippen molar-refractivity contribution in [3.05, 3.63) is 28.2 Å². The van der Waals surface area contributed by atoms with Gasteiger partial charge < -0.3 is 14.7 Å². The topological polar surface area (TPSA) is 66.8 Å². The molecule has 6 heteroatoms. The second-order valence-electron chi connectivity index (χ2n) is 5.26. The number of amides is 1. The zero-order valence-electron chi connectivity index (χ0n) is 12.0. The van der Waals surface area contributed by atoms with E-state index in [0.29, 0.717) is 28.6 Å². The number of halogens is 1. The molecule has 0 radical (unpaired) electrons. The van der Waals surface area contributed by atoms with Crippen LogP contribution in [0.3, 0.4) is 0 Å². The quantitative estimate of drug-likeness (QED) is 0.905. The van der Waals surface area contributed by atoms with Crippen LogP contribution in [0.4, 0.5) is 0 Å².